The SMILES string of the molecule is CCc1ccc(N2C(=S)N[C@H](c3ccccn3)[C@@H]2c2ccc(-c3ccc([N+](=O)[O-])cc3OC)o2)cc1. The molecule has 0 aliphatic carbocycles. The smallest absolute Gasteiger partial charge is 0.273 e. The molecule has 1 aliphatic rings. The Bertz CT molecular complexity index is 1410. The third kappa shape index (κ3) is 4.29. The molecule has 4 aromatic rings. The monoisotopic (exact) mass is 500 g/mol. The first-order chi connectivity index (χ1) is 17.5. The Balaban J connectivity index is 1.58. The minimum Gasteiger partial charge on any atom is -0.496 e. The van der Waals surface area contributed by atoms with Gasteiger partial charge < -0.3 is 19.4 Å². The average molecular weight is 501 g/mol. The highest BCUT2D eigenvalue weighted by Crippen LogP contribution is 2.44. The molecule has 2 atom stereocenters. The number of nitro groups is 1. The zero-order chi connectivity index (χ0) is 25.2. The van der Waals surface area contributed by atoms with Gasteiger partial charge >= 0.3 is 0 Å². The van der Waals surface area contributed by atoms with Crippen LogP contribution in [0.3, 0.4) is 0 Å². The van der Waals surface area contributed by atoms with Gasteiger partial charge in [0.2, 0.25) is 0 Å². The number of nitrogens with one attached hydrogen (secondary N) is 1. The Morgan fingerprint density at radius 3 is 2.61 bits per heavy atom. The molecule has 0 spiro atoms. The van der Waals surface area contributed by atoms with E-state index in [2.05, 4.69) is 41.5 Å². The number of nitrogens with zero attached hydrogens (tertiary/aromatic N) is 3. The molecule has 5 rings (SSSR count). The molecule has 182 valence electrons. The molecular formula is C27H24N4O4S. The van der Waals surface area contributed by atoms with Gasteiger partial charge in [0.25, 0.3) is 5.69 Å². The average Bonchev–Trinajstić information content (AvgIpc) is 3.53. The van der Waals surface area contributed by atoms with Crippen molar-refractivity contribution in [3.05, 3.63) is 106 Å². The molecule has 3 heterocycles. The van der Waals surface area contributed by atoms with Gasteiger partial charge in [-0.1, -0.05) is 25.1 Å². The van der Waals surface area contributed by atoms with Crippen molar-refractivity contribution in [2.24, 2.45) is 0 Å². The fraction of sp³-hybridized carbons (Fsp3) is 0.185. The van der Waals surface area contributed by atoms with Crippen molar-refractivity contribution in [3.63, 3.8) is 0 Å². The lowest BCUT2D eigenvalue weighted by molar-refractivity contribution is -0.384. The number of thiocarbonyl (C=S) groups is 1. The van der Waals surface area contributed by atoms with Gasteiger partial charge in [-0.15, -0.1) is 0 Å². The summed E-state index contributed by atoms with van der Waals surface area (Å²) >= 11 is 5.78. The highest BCUT2D eigenvalue weighted by Gasteiger charge is 2.42. The molecule has 36 heavy (non-hydrogen) atoms. The first-order valence-electron chi connectivity index (χ1n) is 11.5. The van der Waals surface area contributed by atoms with Crippen LogP contribution in [0.2, 0.25) is 0 Å². The molecule has 0 radical (unpaired) electrons. The van der Waals surface area contributed by atoms with Crippen LogP contribution in [0.15, 0.2) is 83.4 Å². The van der Waals surface area contributed by atoms with Crippen LogP contribution in [0.25, 0.3) is 11.3 Å². The topological polar surface area (TPSA) is 93.7 Å². The predicted octanol–water partition coefficient (Wildman–Crippen LogP) is 6.00. The summed E-state index contributed by atoms with van der Waals surface area (Å²) in [7, 11) is 1.48. The van der Waals surface area contributed by atoms with E-state index in [0.717, 1.165) is 17.8 Å². The normalized spacial score (nSPS) is 17.2. The number of methoxy groups -OCH3 is 1. The molecule has 9 heteroatoms. The Kier molecular flexibility index (Phi) is 6.39. The summed E-state index contributed by atoms with van der Waals surface area (Å²) in [5.74, 6) is 1.57. The lowest BCUT2D eigenvalue weighted by atomic mass is 10.0. The number of ether oxygens (including phenoxy) is 1. The van der Waals surface area contributed by atoms with Crippen LogP contribution in [0.5, 0.6) is 5.75 Å². The molecule has 2 aromatic carbocycles. The summed E-state index contributed by atoms with van der Waals surface area (Å²) in [6.45, 7) is 2.12. The van der Waals surface area contributed by atoms with Crippen molar-refractivity contribution in [2.75, 3.05) is 12.0 Å². The van der Waals surface area contributed by atoms with Crippen molar-refractivity contribution < 1.29 is 14.1 Å². The number of rotatable bonds is 7. The molecule has 1 N–H and O–H groups in total. The number of anilines is 1. The molecular weight excluding hydrogens is 476 g/mol. The molecule has 2 aromatic heterocycles. The molecule has 8 nitrogen and oxygen atoms in total. The molecule has 1 saturated heterocycles. The maximum absolute atomic E-state index is 11.2. The molecule has 0 unspecified atom stereocenters. The number of hydrogen-bond donors (Lipinski definition) is 1. The first-order valence-corrected chi connectivity index (χ1v) is 11.9. The highest BCUT2D eigenvalue weighted by atomic mass is 32.1. The Morgan fingerprint density at radius 2 is 1.94 bits per heavy atom. The second kappa shape index (κ2) is 9.79. The predicted molar refractivity (Wildman–Crippen MR) is 141 cm³/mol. The van der Waals surface area contributed by atoms with Gasteiger partial charge in [0.15, 0.2) is 5.11 Å². The van der Waals surface area contributed by atoms with Crippen molar-refractivity contribution in [3.8, 4) is 17.1 Å². The summed E-state index contributed by atoms with van der Waals surface area (Å²) in [4.78, 5) is 17.4. The van der Waals surface area contributed by atoms with Gasteiger partial charge in [-0.2, -0.15) is 0 Å². The van der Waals surface area contributed by atoms with Gasteiger partial charge in [-0.05, 0) is 66.7 Å². The molecule has 1 fully saturated rings. The first kappa shape index (κ1) is 23.5. The molecule has 0 bridgehead atoms. The minimum atomic E-state index is -0.454. The van der Waals surface area contributed by atoms with Gasteiger partial charge in [0, 0.05) is 18.0 Å². The number of furan rings is 1. The van der Waals surface area contributed by atoms with E-state index in [9.17, 15) is 10.1 Å². The maximum Gasteiger partial charge on any atom is 0.273 e. The molecule has 1 aliphatic heterocycles. The van der Waals surface area contributed by atoms with Gasteiger partial charge in [0.05, 0.1) is 35.4 Å². The second-order valence-electron chi connectivity index (χ2n) is 8.36. The molecule has 0 amide bonds. The number of pyridine rings is 1. The number of hydrogen-bond acceptors (Lipinski definition) is 6. The van der Waals surface area contributed by atoms with Crippen LogP contribution in [0.4, 0.5) is 11.4 Å². The Morgan fingerprint density at radius 1 is 1.14 bits per heavy atom. The lowest BCUT2D eigenvalue weighted by Crippen LogP contribution is -2.29. The number of nitro benzene ring substituents is 1. The van der Waals surface area contributed by atoms with E-state index in [-0.39, 0.29) is 17.8 Å². The fourth-order valence-electron chi connectivity index (χ4n) is 4.47. The van der Waals surface area contributed by atoms with Crippen molar-refractivity contribution >= 4 is 28.7 Å². The van der Waals surface area contributed by atoms with Crippen LogP contribution in [0.1, 0.15) is 36.0 Å². The van der Waals surface area contributed by atoms with E-state index >= 15 is 0 Å². The van der Waals surface area contributed by atoms with Crippen molar-refractivity contribution in [1.29, 1.82) is 0 Å². The summed E-state index contributed by atoms with van der Waals surface area (Å²) in [5, 5.41) is 15.2. The largest absolute Gasteiger partial charge is 0.496 e. The Hall–Kier alpha value is -4.24. The minimum absolute atomic E-state index is 0.0513. The van der Waals surface area contributed by atoms with Crippen molar-refractivity contribution in [1.82, 2.24) is 10.3 Å². The van der Waals surface area contributed by atoms with Crippen LogP contribution in [0, 0.1) is 10.1 Å². The number of aryl methyl sites for hydroxylation is 1. The van der Waals surface area contributed by atoms with Crippen LogP contribution < -0.4 is 15.0 Å². The van der Waals surface area contributed by atoms with E-state index in [1.165, 1.54) is 24.8 Å². The maximum atomic E-state index is 11.2. The zero-order valence-corrected chi connectivity index (χ0v) is 20.6. The summed E-state index contributed by atoms with van der Waals surface area (Å²) in [5.41, 5.74) is 3.59. The third-order valence-electron chi connectivity index (χ3n) is 6.30. The fourth-order valence-corrected chi connectivity index (χ4v) is 4.81. The van der Waals surface area contributed by atoms with Crippen LogP contribution >= 0.6 is 12.2 Å². The number of aromatic nitrogens is 1. The zero-order valence-electron chi connectivity index (χ0n) is 19.8. The quantitative estimate of drug-likeness (QED) is 0.188. The van der Waals surface area contributed by atoms with E-state index in [4.69, 9.17) is 21.4 Å². The third-order valence-corrected chi connectivity index (χ3v) is 6.62. The van der Waals surface area contributed by atoms with Crippen molar-refractivity contribution in [2.45, 2.75) is 25.4 Å². The summed E-state index contributed by atoms with van der Waals surface area (Å²) in [6, 6.07) is 21.7. The Labute approximate surface area is 213 Å². The van der Waals surface area contributed by atoms with Gasteiger partial charge in [-0.3, -0.25) is 15.1 Å². The van der Waals surface area contributed by atoms with E-state index in [1.807, 2.05) is 35.2 Å². The van der Waals surface area contributed by atoms with Crippen LogP contribution in [-0.4, -0.2) is 22.1 Å². The van der Waals surface area contributed by atoms with Crippen LogP contribution in [-0.2, 0) is 6.42 Å². The summed E-state index contributed by atoms with van der Waals surface area (Å²) < 4.78 is 11.8. The lowest BCUT2D eigenvalue weighted by Gasteiger charge is -2.26. The van der Waals surface area contributed by atoms with E-state index < -0.39 is 4.92 Å². The van der Waals surface area contributed by atoms with Gasteiger partial charge in [-0.25, -0.2) is 0 Å². The standard InChI is InChI=1S/C27H24N4O4S/c1-3-17-7-9-18(10-8-17)30-26(25(29-27(30)36)21-6-4-5-15-28-21)23-14-13-22(35-23)20-12-11-19(31(32)33)16-24(20)34-2/h4-16,25-26H,3H2,1-2H3,(H,29,36)/t25-,26+/m1/s1. The molecule has 0 saturated carbocycles. The highest BCUT2D eigenvalue weighted by molar-refractivity contribution is 7.80. The number of benzene rings is 2. The second-order valence-corrected chi connectivity index (χ2v) is 8.75. The van der Waals surface area contributed by atoms with E-state index in [0.29, 0.717) is 27.9 Å². The van der Waals surface area contributed by atoms with E-state index in [1.54, 1.807) is 12.3 Å². The number of non-ortho nitro benzene ring substituents is 1. The summed E-state index contributed by atoms with van der Waals surface area (Å²) in [6.07, 6.45) is 2.70. The van der Waals surface area contributed by atoms with Gasteiger partial charge in [0.1, 0.15) is 23.3 Å².